The SMILES string of the molecule is CNc1ncccc1C(=O)N(C)Cc1csc(C)n1. The molecular weight excluding hydrogens is 260 g/mol. The third-order valence-corrected chi connectivity index (χ3v) is 3.51. The van der Waals surface area contributed by atoms with Crippen LogP contribution in [0.4, 0.5) is 5.82 Å². The van der Waals surface area contributed by atoms with Crippen molar-refractivity contribution in [2.45, 2.75) is 13.5 Å². The quantitative estimate of drug-likeness (QED) is 0.929. The van der Waals surface area contributed by atoms with E-state index in [0.717, 1.165) is 10.7 Å². The van der Waals surface area contributed by atoms with Gasteiger partial charge in [-0.25, -0.2) is 9.97 Å². The van der Waals surface area contributed by atoms with E-state index in [1.807, 2.05) is 12.3 Å². The molecule has 0 bridgehead atoms. The van der Waals surface area contributed by atoms with Gasteiger partial charge in [0.25, 0.3) is 5.91 Å². The Morgan fingerprint density at radius 2 is 2.32 bits per heavy atom. The summed E-state index contributed by atoms with van der Waals surface area (Å²) < 4.78 is 0. The van der Waals surface area contributed by atoms with Crippen LogP contribution in [0.3, 0.4) is 0 Å². The van der Waals surface area contributed by atoms with Gasteiger partial charge >= 0.3 is 0 Å². The van der Waals surface area contributed by atoms with E-state index < -0.39 is 0 Å². The molecule has 1 amide bonds. The van der Waals surface area contributed by atoms with E-state index in [9.17, 15) is 4.79 Å². The van der Waals surface area contributed by atoms with Crippen LogP contribution in [-0.2, 0) is 6.54 Å². The molecule has 0 atom stereocenters. The molecule has 0 aliphatic heterocycles. The van der Waals surface area contributed by atoms with Crippen LogP contribution in [0.2, 0.25) is 0 Å². The summed E-state index contributed by atoms with van der Waals surface area (Å²) in [6.07, 6.45) is 1.66. The standard InChI is InChI=1S/C13H16N4OS/c1-9-16-10(8-19-9)7-17(3)13(18)11-5-4-6-15-12(11)14-2/h4-6,8H,7H2,1-3H3,(H,14,15). The molecule has 0 aromatic carbocycles. The van der Waals surface area contributed by atoms with Crippen molar-refractivity contribution in [2.75, 3.05) is 19.4 Å². The maximum atomic E-state index is 12.4. The highest BCUT2D eigenvalue weighted by molar-refractivity contribution is 7.09. The topological polar surface area (TPSA) is 58.1 Å². The van der Waals surface area contributed by atoms with Crippen molar-refractivity contribution >= 4 is 23.1 Å². The van der Waals surface area contributed by atoms with Gasteiger partial charge < -0.3 is 10.2 Å². The molecule has 2 aromatic heterocycles. The van der Waals surface area contributed by atoms with E-state index in [1.165, 1.54) is 0 Å². The molecule has 2 heterocycles. The average molecular weight is 276 g/mol. The molecule has 0 fully saturated rings. The van der Waals surface area contributed by atoms with Gasteiger partial charge in [0.1, 0.15) is 5.82 Å². The number of pyridine rings is 1. The zero-order valence-corrected chi connectivity index (χ0v) is 12.0. The fourth-order valence-electron chi connectivity index (χ4n) is 1.78. The van der Waals surface area contributed by atoms with E-state index in [0.29, 0.717) is 17.9 Å². The van der Waals surface area contributed by atoms with Gasteiger partial charge in [-0.15, -0.1) is 11.3 Å². The van der Waals surface area contributed by atoms with Crippen LogP contribution in [0, 0.1) is 6.92 Å². The number of nitrogens with zero attached hydrogens (tertiary/aromatic N) is 3. The van der Waals surface area contributed by atoms with Crippen LogP contribution in [0.1, 0.15) is 21.1 Å². The van der Waals surface area contributed by atoms with Crippen molar-refractivity contribution in [3.63, 3.8) is 0 Å². The summed E-state index contributed by atoms with van der Waals surface area (Å²) in [6, 6.07) is 3.53. The molecule has 0 saturated carbocycles. The minimum atomic E-state index is -0.0666. The Hall–Kier alpha value is -1.95. The maximum absolute atomic E-state index is 12.4. The van der Waals surface area contributed by atoms with Crippen LogP contribution < -0.4 is 5.32 Å². The summed E-state index contributed by atoms with van der Waals surface area (Å²) in [6.45, 7) is 2.46. The average Bonchev–Trinajstić information content (AvgIpc) is 2.83. The number of carbonyl (C=O) groups excluding carboxylic acids is 1. The van der Waals surface area contributed by atoms with E-state index in [-0.39, 0.29) is 5.91 Å². The van der Waals surface area contributed by atoms with Gasteiger partial charge in [-0.3, -0.25) is 4.79 Å². The molecule has 2 aromatic rings. The van der Waals surface area contributed by atoms with Gasteiger partial charge in [0, 0.05) is 25.7 Å². The number of amides is 1. The zero-order valence-electron chi connectivity index (χ0n) is 11.2. The monoisotopic (exact) mass is 276 g/mol. The number of hydrogen-bond acceptors (Lipinski definition) is 5. The van der Waals surface area contributed by atoms with E-state index in [2.05, 4.69) is 15.3 Å². The number of rotatable bonds is 4. The van der Waals surface area contributed by atoms with Gasteiger partial charge in [-0.05, 0) is 19.1 Å². The van der Waals surface area contributed by atoms with Gasteiger partial charge in [-0.1, -0.05) is 0 Å². The Labute approximate surface area is 116 Å². The summed E-state index contributed by atoms with van der Waals surface area (Å²) in [7, 11) is 3.52. The van der Waals surface area contributed by atoms with E-state index >= 15 is 0 Å². The molecule has 1 N–H and O–H groups in total. The lowest BCUT2D eigenvalue weighted by Crippen LogP contribution is -2.27. The number of aromatic nitrogens is 2. The van der Waals surface area contributed by atoms with E-state index in [1.54, 1.807) is 48.7 Å². The fraction of sp³-hybridized carbons (Fsp3) is 0.308. The Kier molecular flexibility index (Phi) is 4.11. The van der Waals surface area contributed by atoms with Crippen LogP contribution >= 0.6 is 11.3 Å². The van der Waals surface area contributed by atoms with E-state index in [4.69, 9.17) is 0 Å². The normalized spacial score (nSPS) is 10.3. The zero-order chi connectivity index (χ0) is 13.8. The van der Waals surface area contributed by atoms with Gasteiger partial charge in [0.15, 0.2) is 0 Å². The number of aryl methyl sites for hydroxylation is 1. The molecule has 6 heteroatoms. The molecule has 0 unspecified atom stereocenters. The molecule has 0 spiro atoms. The Morgan fingerprint density at radius 3 is 2.95 bits per heavy atom. The lowest BCUT2D eigenvalue weighted by Gasteiger charge is -2.17. The Morgan fingerprint density at radius 1 is 1.53 bits per heavy atom. The second-order valence-electron chi connectivity index (χ2n) is 4.17. The Bertz CT molecular complexity index is 582. The molecule has 0 saturated heterocycles. The van der Waals surface area contributed by atoms with Gasteiger partial charge in [-0.2, -0.15) is 0 Å². The lowest BCUT2D eigenvalue weighted by atomic mass is 10.2. The Balaban J connectivity index is 2.14. The van der Waals surface area contributed by atoms with Crippen molar-refractivity contribution in [3.8, 4) is 0 Å². The summed E-state index contributed by atoms with van der Waals surface area (Å²) in [5, 5.41) is 5.91. The minimum absolute atomic E-state index is 0.0666. The summed E-state index contributed by atoms with van der Waals surface area (Å²) in [4.78, 5) is 22.5. The van der Waals surface area contributed by atoms with Crippen LogP contribution in [-0.4, -0.2) is 34.9 Å². The first-order valence-corrected chi connectivity index (χ1v) is 6.79. The van der Waals surface area contributed by atoms with Crippen molar-refractivity contribution in [2.24, 2.45) is 0 Å². The third kappa shape index (κ3) is 3.08. The molecule has 0 radical (unpaired) electrons. The smallest absolute Gasteiger partial charge is 0.257 e. The second-order valence-corrected chi connectivity index (χ2v) is 5.23. The molecular formula is C13H16N4OS. The van der Waals surface area contributed by atoms with Crippen molar-refractivity contribution < 1.29 is 4.79 Å². The summed E-state index contributed by atoms with van der Waals surface area (Å²) in [5.74, 6) is 0.525. The van der Waals surface area contributed by atoms with Crippen LogP contribution in [0.5, 0.6) is 0 Å². The molecule has 2 rings (SSSR count). The number of hydrogen-bond donors (Lipinski definition) is 1. The van der Waals surface area contributed by atoms with Crippen molar-refractivity contribution in [1.29, 1.82) is 0 Å². The molecule has 5 nitrogen and oxygen atoms in total. The molecule has 0 aliphatic rings. The highest BCUT2D eigenvalue weighted by Gasteiger charge is 2.16. The second kappa shape index (κ2) is 5.79. The highest BCUT2D eigenvalue weighted by Crippen LogP contribution is 2.15. The number of carbonyl (C=O) groups is 1. The molecule has 100 valence electrons. The fourth-order valence-corrected chi connectivity index (χ4v) is 2.38. The maximum Gasteiger partial charge on any atom is 0.257 e. The molecule has 19 heavy (non-hydrogen) atoms. The van der Waals surface area contributed by atoms with Gasteiger partial charge in [0.05, 0.1) is 22.8 Å². The predicted molar refractivity (Wildman–Crippen MR) is 76.4 cm³/mol. The summed E-state index contributed by atoms with van der Waals surface area (Å²) in [5.41, 5.74) is 1.48. The van der Waals surface area contributed by atoms with Gasteiger partial charge in [0.2, 0.25) is 0 Å². The summed E-state index contributed by atoms with van der Waals surface area (Å²) >= 11 is 1.59. The lowest BCUT2D eigenvalue weighted by molar-refractivity contribution is 0.0784. The highest BCUT2D eigenvalue weighted by atomic mass is 32.1. The number of thiazole rings is 1. The largest absolute Gasteiger partial charge is 0.372 e. The number of anilines is 1. The minimum Gasteiger partial charge on any atom is -0.372 e. The van der Waals surface area contributed by atoms with Crippen LogP contribution in [0.15, 0.2) is 23.7 Å². The van der Waals surface area contributed by atoms with Crippen molar-refractivity contribution in [1.82, 2.24) is 14.9 Å². The van der Waals surface area contributed by atoms with Crippen LogP contribution in [0.25, 0.3) is 0 Å². The number of nitrogens with one attached hydrogen (secondary N) is 1. The van der Waals surface area contributed by atoms with Crippen molar-refractivity contribution in [3.05, 3.63) is 40.0 Å². The first-order chi connectivity index (χ1) is 9.11. The third-order valence-electron chi connectivity index (χ3n) is 2.69. The molecule has 0 aliphatic carbocycles. The first kappa shape index (κ1) is 13.5. The first-order valence-electron chi connectivity index (χ1n) is 5.91. The predicted octanol–water partition coefficient (Wildman–Crippen LogP) is 2.16.